The molecule has 1 N–H and O–H groups in total. The molecule has 1 aliphatic heterocycles. The highest BCUT2D eigenvalue weighted by atomic mass is 16.2. The summed E-state index contributed by atoms with van der Waals surface area (Å²) in [5, 5.41) is 5.91. The van der Waals surface area contributed by atoms with E-state index in [0.717, 1.165) is 19.4 Å². The largest absolute Gasteiger partial charge is 0.307 e. The summed E-state index contributed by atoms with van der Waals surface area (Å²) >= 11 is 0. The van der Waals surface area contributed by atoms with Crippen molar-refractivity contribution in [1.29, 1.82) is 0 Å². The molecule has 0 radical (unpaired) electrons. The summed E-state index contributed by atoms with van der Waals surface area (Å²) in [6.07, 6.45) is 1.77. The second-order valence-electron chi connectivity index (χ2n) is 2.18. The first-order chi connectivity index (χ1) is 4.84. The number of carbonyl (C=O) groups is 1. The first-order valence-electron chi connectivity index (χ1n) is 3.17. The molecule has 0 aromatic heterocycles. The van der Waals surface area contributed by atoms with Crippen molar-refractivity contribution in [1.82, 2.24) is 5.32 Å². The molecule has 0 saturated carbocycles. The van der Waals surface area contributed by atoms with Crippen LogP contribution in [0.1, 0.15) is 12.8 Å². The van der Waals surface area contributed by atoms with E-state index in [1.807, 2.05) is 0 Å². The van der Waals surface area contributed by atoms with Crippen molar-refractivity contribution in [2.24, 2.45) is 5.11 Å². The average Bonchev–Trinajstić information content (AvgIpc) is 2.38. The highest BCUT2D eigenvalue weighted by Gasteiger charge is 2.19. The predicted molar refractivity (Wildman–Crippen MR) is 35.2 cm³/mol. The molecule has 1 fully saturated rings. The number of nitrogens with zero attached hydrogens (tertiary/aromatic N) is 3. The molecule has 1 atom stereocenters. The minimum absolute atomic E-state index is 0.226. The van der Waals surface area contributed by atoms with Crippen molar-refractivity contribution < 1.29 is 4.79 Å². The number of hydrogen-bond acceptors (Lipinski definition) is 2. The Labute approximate surface area is 58.0 Å². The van der Waals surface area contributed by atoms with E-state index in [1.54, 1.807) is 0 Å². The first-order valence-corrected chi connectivity index (χ1v) is 3.17. The molecule has 0 bridgehead atoms. The predicted octanol–water partition coefficient (Wildman–Crippen LogP) is 0.575. The summed E-state index contributed by atoms with van der Waals surface area (Å²) in [4.78, 5) is 13.2. The van der Waals surface area contributed by atoms with Gasteiger partial charge in [-0.05, 0) is 30.0 Å². The second kappa shape index (κ2) is 3.20. The van der Waals surface area contributed by atoms with Crippen molar-refractivity contribution in [2.45, 2.75) is 18.9 Å². The van der Waals surface area contributed by atoms with Crippen LogP contribution < -0.4 is 5.32 Å². The lowest BCUT2D eigenvalue weighted by Crippen LogP contribution is -2.28. The topological polar surface area (TPSA) is 77.9 Å². The number of amides is 1. The van der Waals surface area contributed by atoms with Gasteiger partial charge in [0.05, 0.1) is 6.04 Å². The van der Waals surface area contributed by atoms with Crippen LogP contribution in [0.3, 0.4) is 0 Å². The van der Waals surface area contributed by atoms with Crippen LogP contribution in [0.5, 0.6) is 0 Å². The van der Waals surface area contributed by atoms with E-state index < -0.39 is 0 Å². The Bertz CT molecular complexity index is 178. The molecular weight excluding hydrogens is 132 g/mol. The minimum atomic E-state index is -0.389. The Hall–Kier alpha value is -1.06. The van der Waals surface area contributed by atoms with Crippen LogP contribution in [-0.4, -0.2) is 18.5 Å². The average molecular weight is 140 g/mol. The third-order valence-corrected chi connectivity index (χ3v) is 1.50. The van der Waals surface area contributed by atoms with Gasteiger partial charge in [-0.15, -0.1) is 0 Å². The standard InChI is InChI=1S/C5H8N4O/c6-9-8-5(10)4-2-1-3-7-4/h4,7H,1-3H2/t4-/m0/s1. The monoisotopic (exact) mass is 140 g/mol. The molecule has 0 unspecified atom stereocenters. The van der Waals surface area contributed by atoms with E-state index in [4.69, 9.17) is 5.53 Å². The maximum absolute atomic E-state index is 10.8. The van der Waals surface area contributed by atoms with Gasteiger partial charge >= 0.3 is 0 Å². The van der Waals surface area contributed by atoms with Gasteiger partial charge in [0.25, 0.3) is 0 Å². The van der Waals surface area contributed by atoms with Gasteiger partial charge in [0.15, 0.2) is 0 Å². The van der Waals surface area contributed by atoms with E-state index in [0.29, 0.717) is 0 Å². The van der Waals surface area contributed by atoms with Gasteiger partial charge < -0.3 is 5.32 Å². The van der Waals surface area contributed by atoms with Crippen molar-refractivity contribution in [3.05, 3.63) is 10.4 Å². The van der Waals surface area contributed by atoms with E-state index in [2.05, 4.69) is 15.3 Å². The lowest BCUT2D eigenvalue weighted by atomic mass is 10.2. The quantitative estimate of drug-likeness (QED) is 0.328. The van der Waals surface area contributed by atoms with E-state index in [1.165, 1.54) is 0 Å². The Morgan fingerprint density at radius 1 is 1.80 bits per heavy atom. The van der Waals surface area contributed by atoms with Crippen LogP contribution in [0.2, 0.25) is 0 Å². The number of nitrogens with one attached hydrogen (secondary N) is 1. The molecule has 1 rings (SSSR count). The Morgan fingerprint density at radius 2 is 2.60 bits per heavy atom. The number of hydrogen-bond donors (Lipinski definition) is 1. The van der Waals surface area contributed by atoms with Crippen LogP contribution in [-0.2, 0) is 4.79 Å². The zero-order valence-corrected chi connectivity index (χ0v) is 5.45. The molecule has 0 aliphatic carbocycles. The third-order valence-electron chi connectivity index (χ3n) is 1.50. The molecule has 1 heterocycles. The molecule has 1 aliphatic rings. The number of azide groups is 1. The summed E-state index contributed by atoms with van der Waals surface area (Å²) in [5.74, 6) is -0.389. The molecule has 0 aromatic carbocycles. The van der Waals surface area contributed by atoms with E-state index in [-0.39, 0.29) is 11.9 Å². The molecular formula is C5H8N4O. The molecule has 5 heteroatoms. The van der Waals surface area contributed by atoms with Crippen LogP contribution in [0.25, 0.3) is 10.4 Å². The maximum atomic E-state index is 10.8. The normalized spacial score (nSPS) is 23.8. The summed E-state index contributed by atoms with van der Waals surface area (Å²) in [7, 11) is 0. The maximum Gasteiger partial charge on any atom is 0.235 e. The lowest BCUT2D eigenvalue weighted by Gasteiger charge is -2.01. The van der Waals surface area contributed by atoms with Crippen LogP contribution >= 0.6 is 0 Å². The van der Waals surface area contributed by atoms with Crippen molar-refractivity contribution in [3.8, 4) is 0 Å². The zero-order valence-electron chi connectivity index (χ0n) is 5.45. The van der Waals surface area contributed by atoms with Crippen LogP contribution in [0.15, 0.2) is 5.11 Å². The van der Waals surface area contributed by atoms with Gasteiger partial charge in [0.1, 0.15) is 0 Å². The van der Waals surface area contributed by atoms with Gasteiger partial charge in [0, 0.05) is 4.91 Å². The molecule has 0 aromatic rings. The zero-order chi connectivity index (χ0) is 7.40. The lowest BCUT2D eigenvalue weighted by molar-refractivity contribution is -0.119. The molecule has 10 heavy (non-hydrogen) atoms. The van der Waals surface area contributed by atoms with Gasteiger partial charge in [-0.1, -0.05) is 0 Å². The fourth-order valence-electron chi connectivity index (χ4n) is 1.01. The molecule has 0 spiro atoms. The van der Waals surface area contributed by atoms with Gasteiger partial charge in [-0.2, -0.15) is 0 Å². The SMILES string of the molecule is [N-]=[N+]=NC(=O)[C@@H]1CCCN1. The fraction of sp³-hybridized carbons (Fsp3) is 0.800. The van der Waals surface area contributed by atoms with Crippen molar-refractivity contribution in [2.75, 3.05) is 6.54 Å². The van der Waals surface area contributed by atoms with E-state index >= 15 is 0 Å². The highest BCUT2D eigenvalue weighted by molar-refractivity contribution is 5.82. The first kappa shape index (κ1) is 7.05. The van der Waals surface area contributed by atoms with E-state index in [9.17, 15) is 4.79 Å². The summed E-state index contributed by atoms with van der Waals surface area (Å²) in [6, 6.07) is -0.226. The highest BCUT2D eigenvalue weighted by Crippen LogP contribution is 2.05. The second-order valence-corrected chi connectivity index (χ2v) is 2.18. The molecule has 54 valence electrons. The molecule has 1 amide bonds. The smallest absolute Gasteiger partial charge is 0.235 e. The van der Waals surface area contributed by atoms with Gasteiger partial charge in [-0.3, -0.25) is 4.79 Å². The molecule has 1 saturated heterocycles. The van der Waals surface area contributed by atoms with Crippen LogP contribution in [0, 0.1) is 0 Å². The minimum Gasteiger partial charge on any atom is -0.307 e. The Morgan fingerprint density at radius 3 is 3.10 bits per heavy atom. The van der Waals surface area contributed by atoms with Crippen molar-refractivity contribution >= 4 is 5.91 Å². The Kier molecular flexibility index (Phi) is 2.25. The Balaban J connectivity index is 2.47. The van der Waals surface area contributed by atoms with Crippen LogP contribution in [0.4, 0.5) is 0 Å². The summed E-state index contributed by atoms with van der Waals surface area (Å²) in [6.45, 7) is 0.845. The molecule has 5 nitrogen and oxygen atoms in total. The third kappa shape index (κ3) is 1.46. The van der Waals surface area contributed by atoms with Crippen molar-refractivity contribution in [3.63, 3.8) is 0 Å². The number of carbonyl (C=O) groups excluding carboxylic acids is 1. The van der Waals surface area contributed by atoms with Gasteiger partial charge in [-0.25, -0.2) is 0 Å². The number of rotatable bonds is 1. The summed E-state index contributed by atoms with van der Waals surface area (Å²) in [5.41, 5.74) is 7.91. The fourth-order valence-corrected chi connectivity index (χ4v) is 1.01. The van der Waals surface area contributed by atoms with Gasteiger partial charge in [0.2, 0.25) is 5.91 Å². The summed E-state index contributed by atoms with van der Waals surface area (Å²) < 4.78 is 0.